The average molecular weight is 354 g/mol. The molecule has 0 radical (unpaired) electrons. The lowest BCUT2D eigenvalue weighted by Crippen LogP contribution is -2.09. The van der Waals surface area contributed by atoms with Crippen LogP contribution in [-0.2, 0) is 12.8 Å². The van der Waals surface area contributed by atoms with E-state index in [0.717, 1.165) is 35.4 Å². The van der Waals surface area contributed by atoms with Crippen molar-refractivity contribution in [2.45, 2.75) is 26.2 Å². The predicted molar refractivity (Wildman–Crippen MR) is 94.0 cm³/mol. The van der Waals surface area contributed by atoms with Gasteiger partial charge in [-0.05, 0) is 24.6 Å². The summed E-state index contributed by atoms with van der Waals surface area (Å²) in [6.45, 7) is 2.14. The third-order valence-electron chi connectivity index (χ3n) is 4.02. The first kappa shape index (κ1) is 15.7. The Bertz CT molecular complexity index is 1020. The fourth-order valence-corrected chi connectivity index (χ4v) is 3.10. The molecule has 126 valence electrons. The highest BCUT2D eigenvalue weighted by Crippen LogP contribution is 2.21. The van der Waals surface area contributed by atoms with E-state index in [4.69, 9.17) is 11.6 Å². The second-order valence-corrected chi connectivity index (χ2v) is 6.08. The zero-order valence-corrected chi connectivity index (χ0v) is 14.4. The van der Waals surface area contributed by atoms with E-state index < -0.39 is 0 Å². The summed E-state index contributed by atoms with van der Waals surface area (Å²) in [4.78, 5) is 13.3. The number of fused-ring (bicyclic) bond motifs is 1. The van der Waals surface area contributed by atoms with Gasteiger partial charge in [0.25, 0.3) is 0 Å². The Morgan fingerprint density at radius 1 is 1.08 bits per heavy atom. The van der Waals surface area contributed by atoms with Crippen molar-refractivity contribution in [3.63, 3.8) is 0 Å². The second kappa shape index (κ2) is 6.60. The summed E-state index contributed by atoms with van der Waals surface area (Å²) in [7, 11) is 0. The molecule has 0 atom stereocenters. The maximum absolute atomic E-state index is 6.27. The van der Waals surface area contributed by atoms with Gasteiger partial charge in [-0.25, -0.2) is 24.1 Å². The summed E-state index contributed by atoms with van der Waals surface area (Å²) in [6.07, 6.45) is 9.22. The lowest BCUT2D eigenvalue weighted by Gasteiger charge is -2.11. The normalized spacial score (nSPS) is 11.3. The van der Waals surface area contributed by atoms with Gasteiger partial charge in [-0.15, -0.1) is 0 Å². The number of aryl methyl sites for hydroxylation is 1. The highest BCUT2D eigenvalue weighted by atomic mass is 35.5. The van der Waals surface area contributed by atoms with Crippen molar-refractivity contribution in [2.75, 3.05) is 0 Å². The van der Waals surface area contributed by atoms with Gasteiger partial charge in [0, 0.05) is 24.4 Å². The summed E-state index contributed by atoms with van der Waals surface area (Å²) in [5.41, 5.74) is 3.90. The van der Waals surface area contributed by atoms with Gasteiger partial charge >= 0.3 is 0 Å². The number of aromatic nitrogens is 7. The fourth-order valence-electron chi connectivity index (χ4n) is 2.90. The van der Waals surface area contributed by atoms with Crippen LogP contribution in [0.15, 0.2) is 43.2 Å². The van der Waals surface area contributed by atoms with Crippen molar-refractivity contribution in [3.05, 3.63) is 65.2 Å². The van der Waals surface area contributed by atoms with Crippen LogP contribution < -0.4 is 0 Å². The van der Waals surface area contributed by atoms with Gasteiger partial charge in [0.05, 0.1) is 16.4 Å². The van der Waals surface area contributed by atoms with Crippen LogP contribution in [0.25, 0.3) is 11.5 Å². The lowest BCUT2D eigenvalue weighted by atomic mass is 10.1. The highest BCUT2D eigenvalue weighted by molar-refractivity contribution is 6.32. The number of pyridine rings is 1. The van der Waals surface area contributed by atoms with Crippen LogP contribution in [0.5, 0.6) is 0 Å². The van der Waals surface area contributed by atoms with E-state index in [1.54, 1.807) is 46.4 Å². The van der Waals surface area contributed by atoms with E-state index in [9.17, 15) is 0 Å². The number of rotatable bonds is 5. The van der Waals surface area contributed by atoms with Crippen molar-refractivity contribution in [1.82, 2.24) is 34.3 Å². The first-order valence-corrected chi connectivity index (χ1v) is 8.45. The molecule has 0 amide bonds. The van der Waals surface area contributed by atoms with Gasteiger partial charge in [0.2, 0.25) is 0 Å². The Morgan fingerprint density at radius 2 is 2.00 bits per heavy atom. The molecule has 25 heavy (non-hydrogen) atoms. The maximum atomic E-state index is 6.27. The molecule has 4 rings (SSSR count). The monoisotopic (exact) mass is 353 g/mol. The molecule has 0 N–H and O–H groups in total. The Labute approximate surface area is 149 Å². The molecule has 0 aliphatic heterocycles. The molecule has 0 aliphatic carbocycles. The van der Waals surface area contributed by atoms with Crippen LogP contribution in [-0.4, -0.2) is 34.3 Å². The molecule has 7 nitrogen and oxygen atoms in total. The molecule has 0 aliphatic rings. The van der Waals surface area contributed by atoms with Crippen LogP contribution in [0.3, 0.4) is 0 Å². The third-order valence-corrected chi connectivity index (χ3v) is 4.32. The Hall–Kier alpha value is -2.80. The summed E-state index contributed by atoms with van der Waals surface area (Å²) < 4.78 is 3.47. The van der Waals surface area contributed by atoms with Gasteiger partial charge in [-0.2, -0.15) is 10.2 Å². The molecular weight excluding hydrogens is 338 g/mol. The van der Waals surface area contributed by atoms with Crippen LogP contribution >= 0.6 is 11.6 Å². The maximum Gasteiger partial charge on any atom is 0.172 e. The fraction of sp³-hybridized carbons (Fsp3) is 0.235. The van der Waals surface area contributed by atoms with E-state index in [-0.39, 0.29) is 0 Å². The third kappa shape index (κ3) is 2.87. The highest BCUT2D eigenvalue weighted by Gasteiger charge is 2.15. The zero-order valence-electron chi connectivity index (χ0n) is 13.7. The Balaban J connectivity index is 1.77. The molecule has 4 heterocycles. The molecule has 0 saturated carbocycles. The lowest BCUT2D eigenvalue weighted by molar-refractivity contribution is 0.776. The minimum absolute atomic E-state index is 0.557. The number of halogens is 1. The molecule has 4 aromatic rings. The van der Waals surface area contributed by atoms with E-state index in [1.165, 1.54) is 0 Å². The molecule has 0 spiro atoms. The van der Waals surface area contributed by atoms with Crippen LogP contribution in [0.1, 0.15) is 30.3 Å². The summed E-state index contributed by atoms with van der Waals surface area (Å²) in [5, 5.41) is 9.11. The molecule has 4 aromatic heterocycles. The smallest absolute Gasteiger partial charge is 0.172 e. The van der Waals surface area contributed by atoms with Crippen LogP contribution in [0.2, 0.25) is 5.02 Å². The van der Waals surface area contributed by atoms with Crippen LogP contribution in [0, 0.1) is 0 Å². The van der Waals surface area contributed by atoms with E-state index in [2.05, 4.69) is 32.1 Å². The quantitative estimate of drug-likeness (QED) is 0.551. The zero-order chi connectivity index (χ0) is 17.2. The summed E-state index contributed by atoms with van der Waals surface area (Å²) >= 11 is 6.27. The average Bonchev–Trinajstić information content (AvgIpc) is 3.27. The van der Waals surface area contributed by atoms with Crippen molar-refractivity contribution in [1.29, 1.82) is 0 Å². The first-order valence-electron chi connectivity index (χ1n) is 8.07. The van der Waals surface area contributed by atoms with Gasteiger partial charge in [0.15, 0.2) is 11.5 Å². The summed E-state index contributed by atoms with van der Waals surface area (Å²) in [6, 6.07) is 5.56. The molecule has 0 unspecified atom stereocenters. The number of hydrogen-bond acceptors (Lipinski definition) is 5. The van der Waals surface area contributed by atoms with Crippen LogP contribution in [0.4, 0.5) is 0 Å². The molecule has 0 bridgehead atoms. The molecule has 8 heteroatoms. The first-order chi connectivity index (χ1) is 12.3. The number of nitrogens with zero attached hydrogens (tertiary/aromatic N) is 7. The molecule has 0 fully saturated rings. The van der Waals surface area contributed by atoms with Crippen molar-refractivity contribution >= 4 is 17.2 Å². The van der Waals surface area contributed by atoms with Gasteiger partial charge in [0.1, 0.15) is 12.7 Å². The SMILES string of the molecule is CCCc1c(Cc2ccnn2-c2ncccc2Cl)ncn2ncnc12. The molecule has 0 aromatic carbocycles. The predicted octanol–water partition coefficient (Wildman–Crippen LogP) is 2.90. The second-order valence-electron chi connectivity index (χ2n) is 5.67. The summed E-state index contributed by atoms with van der Waals surface area (Å²) in [5.74, 6) is 0.616. The van der Waals surface area contributed by atoms with Gasteiger partial charge < -0.3 is 0 Å². The molecular formula is C17H16ClN7. The molecule has 0 saturated heterocycles. The van der Waals surface area contributed by atoms with Crippen molar-refractivity contribution in [3.8, 4) is 5.82 Å². The minimum Gasteiger partial charge on any atom is -0.240 e. The minimum atomic E-state index is 0.557. The van der Waals surface area contributed by atoms with E-state index in [1.807, 2.05) is 6.07 Å². The van der Waals surface area contributed by atoms with Gasteiger partial charge in [-0.3, -0.25) is 0 Å². The van der Waals surface area contributed by atoms with Crippen molar-refractivity contribution < 1.29 is 0 Å². The van der Waals surface area contributed by atoms with Gasteiger partial charge in [-0.1, -0.05) is 24.9 Å². The number of hydrogen-bond donors (Lipinski definition) is 0. The Morgan fingerprint density at radius 3 is 2.84 bits per heavy atom. The standard InChI is InChI=1S/C17H16ClN7/c1-2-4-13-15(21-11-24-16(13)20-10-23-24)9-12-6-8-22-25(12)17-14(18)5-3-7-19-17/h3,5-8,10-11H,2,4,9H2,1H3. The Kier molecular flexibility index (Phi) is 4.15. The van der Waals surface area contributed by atoms with E-state index >= 15 is 0 Å². The van der Waals surface area contributed by atoms with Crippen molar-refractivity contribution in [2.24, 2.45) is 0 Å². The largest absolute Gasteiger partial charge is 0.240 e. The van der Waals surface area contributed by atoms with E-state index in [0.29, 0.717) is 17.3 Å². The topological polar surface area (TPSA) is 73.8 Å².